The van der Waals surface area contributed by atoms with Crippen molar-refractivity contribution in [3.8, 4) is 0 Å². The number of anilines is 1. The molecule has 2 bridgehead atoms. The van der Waals surface area contributed by atoms with E-state index in [4.69, 9.17) is 0 Å². The van der Waals surface area contributed by atoms with Crippen molar-refractivity contribution < 1.29 is 14.7 Å². The van der Waals surface area contributed by atoms with Gasteiger partial charge in [-0.2, -0.15) is 0 Å². The number of aliphatic hydroxyl groups excluding tert-OH is 1. The molecule has 3 atom stereocenters. The Balaban J connectivity index is 1.92. The molecule has 0 aromatic heterocycles. The Morgan fingerprint density at radius 2 is 2.08 bits per heavy atom. The number of carbonyl (C=O) groups is 2. The standard InChI is InChI=1S/C19H24N2O3/c1-2-19-8-5-9-20-12-15(22)13-6-3-4-7-14(13)21(18(24)11-19)17(23)10-16(19)20/h3-4,6-7,16,18,24H,2,5,8-12H2,1H3/t16-,18-,19+/m0/s1. The van der Waals surface area contributed by atoms with Gasteiger partial charge in [0, 0.05) is 18.0 Å². The van der Waals surface area contributed by atoms with Crippen molar-refractivity contribution in [1.82, 2.24) is 4.90 Å². The van der Waals surface area contributed by atoms with Crippen molar-refractivity contribution >= 4 is 17.4 Å². The molecule has 24 heavy (non-hydrogen) atoms. The minimum Gasteiger partial charge on any atom is -0.373 e. The number of nitrogens with zero attached hydrogens (tertiary/aromatic N) is 2. The fourth-order valence-electron chi connectivity index (χ4n) is 5.04. The van der Waals surface area contributed by atoms with E-state index in [0.29, 0.717) is 30.6 Å². The predicted molar refractivity (Wildman–Crippen MR) is 90.8 cm³/mol. The van der Waals surface area contributed by atoms with Gasteiger partial charge in [-0.1, -0.05) is 19.1 Å². The summed E-state index contributed by atoms with van der Waals surface area (Å²) in [6, 6.07) is 7.23. The van der Waals surface area contributed by atoms with Crippen LogP contribution in [0.15, 0.2) is 24.3 Å². The van der Waals surface area contributed by atoms with Gasteiger partial charge in [0.05, 0.1) is 12.2 Å². The molecule has 0 unspecified atom stereocenters. The van der Waals surface area contributed by atoms with E-state index in [-0.39, 0.29) is 23.1 Å². The topological polar surface area (TPSA) is 60.9 Å². The van der Waals surface area contributed by atoms with E-state index in [1.165, 1.54) is 4.90 Å². The van der Waals surface area contributed by atoms with E-state index < -0.39 is 6.23 Å². The molecule has 1 N–H and O–H groups in total. The summed E-state index contributed by atoms with van der Waals surface area (Å²) in [5.41, 5.74) is 1.02. The average Bonchev–Trinajstić information content (AvgIpc) is 2.65. The zero-order chi connectivity index (χ0) is 16.9. The second-order valence-electron chi connectivity index (χ2n) is 7.40. The molecule has 0 saturated carbocycles. The summed E-state index contributed by atoms with van der Waals surface area (Å²) in [4.78, 5) is 29.6. The normalized spacial score (nSPS) is 33.5. The Morgan fingerprint density at radius 3 is 2.88 bits per heavy atom. The molecule has 5 nitrogen and oxygen atoms in total. The first kappa shape index (κ1) is 15.8. The van der Waals surface area contributed by atoms with Crippen LogP contribution in [0.3, 0.4) is 0 Å². The van der Waals surface area contributed by atoms with Crippen LogP contribution in [0.5, 0.6) is 0 Å². The number of Topliss-reactive ketones (excluding diaryl/α,β-unsaturated/α-hetero) is 1. The highest BCUT2D eigenvalue weighted by molar-refractivity contribution is 6.07. The smallest absolute Gasteiger partial charge is 0.230 e. The SMILES string of the molecule is CC[C@]12CCCN3CC(=O)c4ccccc4N(C(=O)C[C@H]31)[C@@H](O)C2. The Morgan fingerprint density at radius 1 is 1.29 bits per heavy atom. The minimum atomic E-state index is -0.866. The number of rotatable bonds is 1. The van der Waals surface area contributed by atoms with Gasteiger partial charge in [-0.25, -0.2) is 0 Å². The molecule has 4 rings (SSSR count). The second-order valence-corrected chi connectivity index (χ2v) is 7.40. The van der Waals surface area contributed by atoms with Crippen molar-refractivity contribution in [2.45, 2.75) is 51.3 Å². The summed E-state index contributed by atoms with van der Waals surface area (Å²) < 4.78 is 0. The average molecular weight is 328 g/mol. The first-order chi connectivity index (χ1) is 11.6. The maximum Gasteiger partial charge on any atom is 0.230 e. The molecule has 1 aromatic rings. The molecule has 0 spiro atoms. The largest absolute Gasteiger partial charge is 0.373 e. The number of carbonyl (C=O) groups excluding carboxylic acids is 2. The van der Waals surface area contributed by atoms with Crippen LogP contribution in [0.2, 0.25) is 0 Å². The van der Waals surface area contributed by atoms with Gasteiger partial charge in [0.1, 0.15) is 6.23 Å². The molecule has 2 fully saturated rings. The fourth-order valence-corrected chi connectivity index (χ4v) is 5.04. The summed E-state index contributed by atoms with van der Waals surface area (Å²) in [6.07, 6.45) is 3.04. The van der Waals surface area contributed by atoms with E-state index >= 15 is 0 Å². The van der Waals surface area contributed by atoms with Crippen molar-refractivity contribution in [1.29, 1.82) is 0 Å². The Hall–Kier alpha value is -1.72. The van der Waals surface area contributed by atoms with E-state index in [9.17, 15) is 14.7 Å². The van der Waals surface area contributed by atoms with Crippen LogP contribution in [0.25, 0.3) is 0 Å². The Bertz CT molecular complexity index is 689. The second kappa shape index (κ2) is 5.67. The molecule has 5 heteroatoms. The van der Waals surface area contributed by atoms with Gasteiger partial charge < -0.3 is 5.11 Å². The third-order valence-corrected chi connectivity index (χ3v) is 6.31. The van der Waals surface area contributed by atoms with E-state index in [1.807, 2.05) is 12.1 Å². The van der Waals surface area contributed by atoms with Crippen molar-refractivity contribution in [3.05, 3.63) is 29.8 Å². The van der Waals surface area contributed by atoms with E-state index in [1.54, 1.807) is 12.1 Å². The zero-order valence-electron chi connectivity index (χ0n) is 14.1. The number of benzene rings is 1. The molecule has 3 heterocycles. The van der Waals surface area contributed by atoms with Crippen LogP contribution < -0.4 is 4.90 Å². The number of fused-ring (bicyclic) bond motifs is 4. The van der Waals surface area contributed by atoms with Gasteiger partial charge in [0.15, 0.2) is 5.78 Å². The highest BCUT2D eigenvalue weighted by Gasteiger charge is 2.51. The molecule has 2 saturated heterocycles. The monoisotopic (exact) mass is 328 g/mol. The quantitative estimate of drug-likeness (QED) is 0.858. The van der Waals surface area contributed by atoms with E-state index in [0.717, 1.165) is 25.8 Å². The Kier molecular flexibility index (Phi) is 3.73. The number of ketones is 1. The van der Waals surface area contributed by atoms with Crippen LogP contribution in [-0.4, -0.2) is 47.1 Å². The Labute approximate surface area is 142 Å². The number of amides is 1. The molecule has 0 aliphatic carbocycles. The number of hydrogen-bond donors (Lipinski definition) is 1. The molecular formula is C19H24N2O3. The lowest BCUT2D eigenvalue weighted by Gasteiger charge is -2.49. The first-order valence-corrected chi connectivity index (χ1v) is 8.92. The number of aliphatic hydroxyl groups is 1. The van der Waals surface area contributed by atoms with Gasteiger partial charge in [-0.05, 0) is 49.8 Å². The lowest BCUT2D eigenvalue weighted by Crippen LogP contribution is -2.54. The highest BCUT2D eigenvalue weighted by Crippen LogP contribution is 2.48. The van der Waals surface area contributed by atoms with Crippen LogP contribution in [0.1, 0.15) is 49.4 Å². The molecular weight excluding hydrogens is 304 g/mol. The van der Waals surface area contributed by atoms with Crippen LogP contribution >= 0.6 is 0 Å². The molecule has 1 amide bonds. The summed E-state index contributed by atoms with van der Waals surface area (Å²) in [5.74, 6) is -0.0341. The summed E-state index contributed by atoms with van der Waals surface area (Å²) >= 11 is 0. The third kappa shape index (κ3) is 2.22. The molecule has 0 radical (unpaired) electrons. The summed E-state index contributed by atoms with van der Waals surface area (Å²) in [6.45, 7) is 3.36. The summed E-state index contributed by atoms with van der Waals surface area (Å²) in [7, 11) is 0. The van der Waals surface area contributed by atoms with Gasteiger partial charge in [0.2, 0.25) is 5.91 Å². The van der Waals surface area contributed by atoms with Crippen LogP contribution in [0, 0.1) is 5.41 Å². The van der Waals surface area contributed by atoms with Gasteiger partial charge in [-0.15, -0.1) is 0 Å². The van der Waals surface area contributed by atoms with Crippen LogP contribution in [-0.2, 0) is 4.79 Å². The molecule has 3 aliphatic rings. The maximum absolute atomic E-state index is 13.0. The number of hydrogen-bond acceptors (Lipinski definition) is 4. The lowest BCUT2D eigenvalue weighted by molar-refractivity contribution is -0.121. The van der Waals surface area contributed by atoms with Crippen molar-refractivity contribution in [2.24, 2.45) is 5.41 Å². The first-order valence-electron chi connectivity index (χ1n) is 8.92. The minimum absolute atomic E-state index is 0.0382. The molecule has 3 aliphatic heterocycles. The fraction of sp³-hybridized carbons (Fsp3) is 0.579. The highest BCUT2D eigenvalue weighted by atomic mass is 16.3. The predicted octanol–water partition coefficient (Wildman–Crippen LogP) is 2.19. The van der Waals surface area contributed by atoms with Gasteiger partial charge in [0.25, 0.3) is 0 Å². The van der Waals surface area contributed by atoms with E-state index in [2.05, 4.69) is 11.8 Å². The van der Waals surface area contributed by atoms with Gasteiger partial charge in [-0.3, -0.25) is 19.4 Å². The number of para-hydroxylation sites is 1. The lowest BCUT2D eigenvalue weighted by atomic mass is 9.68. The number of piperidine rings is 1. The summed E-state index contributed by atoms with van der Waals surface area (Å²) in [5, 5.41) is 10.9. The van der Waals surface area contributed by atoms with Crippen LogP contribution in [0.4, 0.5) is 5.69 Å². The van der Waals surface area contributed by atoms with Gasteiger partial charge >= 0.3 is 0 Å². The zero-order valence-corrected chi connectivity index (χ0v) is 14.1. The maximum atomic E-state index is 13.0. The third-order valence-electron chi connectivity index (χ3n) is 6.31. The van der Waals surface area contributed by atoms with Crippen molar-refractivity contribution in [3.63, 3.8) is 0 Å². The molecule has 1 aromatic carbocycles. The molecule has 128 valence electrons. The van der Waals surface area contributed by atoms with Crippen molar-refractivity contribution in [2.75, 3.05) is 18.0 Å².